The Morgan fingerprint density at radius 1 is 1.00 bits per heavy atom. The van der Waals surface area contributed by atoms with Crippen molar-refractivity contribution >= 4 is 28.9 Å². The lowest BCUT2D eigenvalue weighted by molar-refractivity contribution is -0.136. The van der Waals surface area contributed by atoms with Crippen molar-refractivity contribution in [1.29, 1.82) is 0 Å². The molecule has 0 atom stereocenters. The summed E-state index contributed by atoms with van der Waals surface area (Å²) in [5.41, 5.74) is -0.0433. The summed E-state index contributed by atoms with van der Waals surface area (Å²) in [6, 6.07) is 14.3. The van der Waals surface area contributed by atoms with Gasteiger partial charge >= 0.3 is 6.18 Å². The molecule has 0 saturated heterocycles. The quantitative estimate of drug-likeness (QED) is 0.812. The summed E-state index contributed by atoms with van der Waals surface area (Å²) in [4.78, 5) is 11.8. The minimum absolute atomic E-state index is 0.162. The van der Waals surface area contributed by atoms with E-state index in [0.29, 0.717) is 6.42 Å². The number of carbonyl (C=O) groups is 1. The van der Waals surface area contributed by atoms with Gasteiger partial charge in [-0.25, -0.2) is 0 Å². The van der Waals surface area contributed by atoms with Crippen molar-refractivity contribution < 1.29 is 18.0 Å². The van der Waals surface area contributed by atoms with Crippen LogP contribution in [0.15, 0.2) is 54.6 Å². The van der Waals surface area contributed by atoms with Crippen LogP contribution >= 0.6 is 12.2 Å². The number of halogens is 3. The Morgan fingerprint density at radius 2 is 1.62 bits per heavy atom. The van der Waals surface area contributed by atoms with Gasteiger partial charge in [0.15, 0.2) is 5.11 Å². The van der Waals surface area contributed by atoms with E-state index in [1.807, 2.05) is 30.3 Å². The third kappa shape index (κ3) is 5.34. The van der Waals surface area contributed by atoms with Crippen LogP contribution in [0.1, 0.15) is 17.5 Å². The minimum atomic E-state index is -4.50. The second-order valence-electron chi connectivity index (χ2n) is 5.03. The number of anilines is 1. The first kappa shape index (κ1) is 17.9. The van der Waals surface area contributed by atoms with Gasteiger partial charge in [-0.15, -0.1) is 0 Å². The molecule has 2 N–H and O–H groups in total. The number of carbonyl (C=O) groups excluding carboxylic acids is 1. The smallest absolute Gasteiger partial charge is 0.332 e. The molecule has 126 valence electrons. The van der Waals surface area contributed by atoms with Gasteiger partial charge in [-0.1, -0.05) is 42.5 Å². The van der Waals surface area contributed by atoms with E-state index in [4.69, 9.17) is 12.2 Å². The molecule has 0 unspecified atom stereocenters. The third-order valence-electron chi connectivity index (χ3n) is 3.22. The highest BCUT2D eigenvalue weighted by atomic mass is 32.1. The first-order valence-electron chi connectivity index (χ1n) is 7.17. The van der Waals surface area contributed by atoms with Crippen molar-refractivity contribution in [2.45, 2.75) is 19.0 Å². The maximum absolute atomic E-state index is 12.9. The van der Waals surface area contributed by atoms with Crippen LogP contribution in [0.4, 0.5) is 18.9 Å². The van der Waals surface area contributed by atoms with E-state index in [2.05, 4.69) is 10.6 Å². The van der Waals surface area contributed by atoms with Crippen LogP contribution in [0.2, 0.25) is 0 Å². The Kier molecular flexibility index (Phi) is 5.92. The van der Waals surface area contributed by atoms with Crippen molar-refractivity contribution in [3.63, 3.8) is 0 Å². The van der Waals surface area contributed by atoms with Crippen LogP contribution in [0, 0.1) is 0 Å². The van der Waals surface area contributed by atoms with Crippen LogP contribution in [0.5, 0.6) is 0 Å². The number of para-hydroxylation sites is 1. The fourth-order valence-electron chi connectivity index (χ4n) is 2.08. The van der Waals surface area contributed by atoms with Gasteiger partial charge in [0.05, 0.1) is 11.3 Å². The Morgan fingerprint density at radius 3 is 2.29 bits per heavy atom. The van der Waals surface area contributed by atoms with Gasteiger partial charge in [-0.3, -0.25) is 4.79 Å². The second kappa shape index (κ2) is 7.92. The number of hydrogen-bond acceptors (Lipinski definition) is 2. The van der Waals surface area contributed by atoms with Gasteiger partial charge in [0.25, 0.3) is 0 Å². The summed E-state index contributed by atoms with van der Waals surface area (Å²) < 4.78 is 38.7. The summed E-state index contributed by atoms with van der Waals surface area (Å²) in [5.74, 6) is -0.360. The van der Waals surface area contributed by atoms with Crippen molar-refractivity contribution in [2.24, 2.45) is 0 Å². The zero-order valence-corrected chi connectivity index (χ0v) is 13.4. The number of alkyl halides is 3. The zero-order valence-electron chi connectivity index (χ0n) is 12.6. The summed E-state index contributed by atoms with van der Waals surface area (Å²) in [5, 5.41) is 4.65. The molecule has 24 heavy (non-hydrogen) atoms. The summed E-state index contributed by atoms with van der Waals surface area (Å²) in [6.45, 7) is 0. The molecule has 0 aromatic heterocycles. The highest BCUT2D eigenvalue weighted by molar-refractivity contribution is 7.80. The van der Waals surface area contributed by atoms with Crippen LogP contribution in [-0.4, -0.2) is 11.0 Å². The average molecular weight is 352 g/mol. The molecule has 2 rings (SSSR count). The number of aryl methyl sites for hydroxylation is 1. The molecule has 0 aliphatic rings. The van der Waals surface area contributed by atoms with E-state index in [-0.39, 0.29) is 23.1 Å². The topological polar surface area (TPSA) is 41.1 Å². The number of thiocarbonyl (C=S) groups is 1. The van der Waals surface area contributed by atoms with Crippen molar-refractivity contribution in [3.8, 4) is 0 Å². The van der Waals surface area contributed by atoms with Crippen LogP contribution < -0.4 is 10.6 Å². The lowest BCUT2D eigenvalue weighted by Crippen LogP contribution is -2.34. The highest BCUT2D eigenvalue weighted by Gasteiger charge is 2.33. The standard InChI is InChI=1S/C17H15F3N2OS/c18-17(19,20)13-8-4-5-9-14(13)21-16(24)22-15(23)11-10-12-6-2-1-3-7-12/h1-9H,10-11H2,(H2,21,22,23,24). The Labute approximate surface area is 142 Å². The number of benzene rings is 2. The number of hydrogen-bond donors (Lipinski definition) is 2. The normalized spacial score (nSPS) is 11.0. The largest absolute Gasteiger partial charge is 0.418 e. The zero-order chi connectivity index (χ0) is 17.6. The van der Waals surface area contributed by atoms with Crippen molar-refractivity contribution in [3.05, 3.63) is 65.7 Å². The molecule has 0 aliphatic heterocycles. The summed E-state index contributed by atoms with van der Waals surface area (Å²) >= 11 is 4.92. The predicted molar refractivity (Wildman–Crippen MR) is 90.6 cm³/mol. The molecular formula is C17H15F3N2OS. The monoisotopic (exact) mass is 352 g/mol. The van der Waals surface area contributed by atoms with E-state index in [1.54, 1.807) is 0 Å². The molecule has 0 fully saturated rings. The highest BCUT2D eigenvalue weighted by Crippen LogP contribution is 2.34. The average Bonchev–Trinajstić information content (AvgIpc) is 2.53. The third-order valence-corrected chi connectivity index (χ3v) is 3.42. The first-order valence-corrected chi connectivity index (χ1v) is 7.58. The van der Waals surface area contributed by atoms with Gasteiger partial charge in [0.2, 0.25) is 5.91 Å². The van der Waals surface area contributed by atoms with Crippen LogP contribution in [0.3, 0.4) is 0 Å². The Bertz CT molecular complexity index is 717. The van der Waals surface area contributed by atoms with E-state index >= 15 is 0 Å². The van der Waals surface area contributed by atoms with E-state index in [9.17, 15) is 18.0 Å². The summed E-state index contributed by atoms with van der Waals surface area (Å²) in [7, 11) is 0. The van der Waals surface area contributed by atoms with Crippen molar-refractivity contribution in [1.82, 2.24) is 5.32 Å². The Balaban J connectivity index is 1.90. The first-order chi connectivity index (χ1) is 11.4. The molecule has 1 amide bonds. The van der Waals surface area contributed by atoms with E-state index in [0.717, 1.165) is 11.6 Å². The molecule has 0 bridgehead atoms. The molecule has 0 radical (unpaired) electrons. The number of nitrogens with one attached hydrogen (secondary N) is 2. The van der Waals surface area contributed by atoms with E-state index in [1.165, 1.54) is 18.2 Å². The van der Waals surface area contributed by atoms with Gasteiger partial charge < -0.3 is 10.6 Å². The molecule has 0 saturated carbocycles. The lowest BCUT2D eigenvalue weighted by Gasteiger charge is -2.15. The molecule has 2 aromatic carbocycles. The minimum Gasteiger partial charge on any atom is -0.332 e. The number of rotatable bonds is 4. The lowest BCUT2D eigenvalue weighted by atomic mass is 10.1. The molecular weight excluding hydrogens is 337 g/mol. The molecule has 3 nitrogen and oxygen atoms in total. The Hall–Kier alpha value is -2.41. The molecule has 0 heterocycles. The molecule has 0 aliphatic carbocycles. The van der Waals surface area contributed by atoms with Crippen LogP contribution in [-0.2, 0) is 17.4 Å². The SMILES string of the molecule is O=C(CCc1ccccc1)NC(=S)Nc1ccccc1C(F)(F)F. The predicted octanol–water partition coefficient (Wildman–Crippen LogP) is 4.15. The van der Waals surface area contributed by atoms with Crippen molar-refractivity contribution in [2.75, 3.05) is 5.32 Å². The van der Waals surface area contributed by atoms with E-state index < -0.39 is 11.7 Å². The number of amides is 1. The summed E-state index contributed by atoms with van der Waals surface area (Å²) in [6.07, 6.45) is -3.79. The van der Waals surface area contributed by atoms with Crippen LogP contribution in [0.25, 0.3) is 0 Å². The van der Waals surface area contributed by atoms with Gasteiger partial charge in [0.1, 0.15) is 0 Å². The van der Waals surface area contributed by atoms with Gasteiger partial charge in [-0.05, 0) is 36.3 Å². The molecule has 0 spiro atoms. The molecule has 2 aromatic rings. The maximum atomic E-state index is 12.9. The fourth-order valence-corrected chi connectivity index (χ4v) is 2.31. The fraction of sp³-hybridized carbons (Fsp3) is 0.176. The van der Waals surface area contributed by atoms with Gasteiger partial charge in [0, 0.05) is 6.42 Å². The second-order valence-corrected chi connectivity index (χ2v) is 5.44. The maximum Gasteiger partial charge on any atom is 0.418 e. The molecule has 7 heteroatoms. The van der Waals surface area contributed by atoms with Gasteiger partial charge in [-0.2, -0.15) is 13.2 Å².